The number of hydrogen-bond donors (Lipinski definition) is 3. The van der Waals surface area contributed by atoms with Gasteiger partial charge in [-0.05, 0) is 32.1 Å². The lowest BCUT2D eigenvalue weighted by Gasteiger charge is -2.36. The Morgan fingerprint density at radius 1 is 1.08 bits per heavy atom. The summed E-state index contributed by atoms with van der Waals surface area (Å²) >= 11 is 0. The van der Waals surface area contributed by atoms with Gasteiger partial charge in [0, 0.05) is 51.5 Å². The smallest absolute Gasteiger partial charge is 0.222 e. The number of carbonyl (C=O) groups is 3. The Kier molecular flexibility index (Phi) is 13.2. The van der Waals surface area contributed by atoms with Gasteiger partial charge in [-0.15, -0.1) is 12.4 Å². The van der Waals surface area contributed by atoms with Crippen LogP contribution in [0.2, 0.25) is 0 Å². The van der Waals surface area contributed by atoms with E-state index in [2.05, 4.69) is 10.6 Å². The number of rotatable bonds is 10. The first-order chi connectivity index (χ1) is 11.6. The lowest BCUT2D eigenvalue weighted by Crippen LogP contribution is -2.49. The van der Waals surface area contributed by atoms with Crippen molar-refractivity contribution in [2.75, 3.05) is 26.2 Å². The largest absolute Gasteiger partial charge is 0.356 e. The Morgan fingerprint density at radius 3 is 2.48 bits per heavy atom. The van der Waals surface area contributed by atoms with Gasteiger partial charge < -0.3 is 21.3 Å². The summed E-state index contributed by atoms with van der Waals surface area (Å²) in [6.07, 6.45) is 5.53. The predicted molar refractivity (Wildman–Crippen MR) is 100 cm³/mol. The van der Waals surface area contributed by atoms with Crippen LogP contribution in [0.15, 0.2) is 0 Å². The van der Waals surface area contributed by atoms with Gasteiger partial charge in [-0.3, -0.25) is 14.4 Å². The van der Waals surface area contributed by atoms with Crippen molar-refractivity contribution in [3.05, 3.63) is 0 Å². The summed E-state index contributed by atoms with van der Waals surface area (Å²) in [4.78, 5) is 37.4. The first-order valence-corrected chi connectivity index (χ1v) is 9.11. The number of nitrogens with zero attached hydrogens (tertiary/aromatic N) is 1. The van der Waals surface area contributed by atoms with Crippen LogP contribution in [-0.2, 0) is 14.4 Å². The summed E-state index contributed by atoms with van der Waals surface area (Å²) in [7, 11) is 0. The fourth-order valence-corrected chi connectivity index (χ4v) is 2.89. The number of halogens is 1. The van der Waals surface area contributed by atoms with Gasteiger partial charge in [-0.1, -0.05) is 6.92 Å². The molecule has 1 aliphatic heterocycles. The fraction of sp³-hybridized carbons (Fsp3) is 0.824. The van der Waals surface area contributed by atoms with Crippen molar-refractivity contribution in [3.8, 4) is 0 Å². The van der Waals surface area contributed by atoms with Crippen molar-refractivity contribution >= 4 is 30.1 Å². The van der Waals surface area contributed by atoms with Gasteiger partial charge in [-0.2, -0.15) is 0 Å². The van der Waals surface area contributed by atoms with E-state index < -0.39 is 0 Å². The van der Waals surface area contributed by atoms with Gasteiger partial charge in [0.05, 0.1) is 0 Å². The van der Waals surface area contributed by atoms with E-state index >= 15 is 0 Å². The molecule has 0 radical (unpaired) electrons. The van der Waals surface area contributed by atoms with Gasteiger partial charge in [0.25, 0.3) is 0 Å². The van der Waals surface area contributed by atoms with Crippen LogP contribution >= 0.6 is 12.4 Å². The molecule has 4 N–H and O–H groups in total. The highest BCUT2D eigenvalue weighted by Crippen LogP contribution is 2.18. The molecule has 0 aliphatic carbocycles. The molecule has 0 aromatic carbocycles. The maximum Gasteiger partial charge on any atom is 0.222 e. The Balaban J connectivity index is 0.00000576. The quantitative estimate of drug-likeness (QED) is 0.528. The van der Waals surface area contributed by atoms with Crippen LogP contribution in [-0.4, -0.2) is 54.8 Å². The molecule has 146 valence electrons. The van der Waals surface area contributed by atoms with Gasteiger partial charge in [0.2, 0.25) is 17.7 Å². The van der Waals surface area contributed by atoms with Crippen LogP contribution in [0.5, 0.6) is 0 Å². The Hall–Kier alpha value is -1.34. The third kappa shape index (κ3) is 9.65. The minimum atomic E-state index is -0.0666. The zero-order valence-electron chi connectivity index (χ0n) is 15.2. The highest BCUT2D eigenvalue weighted by Gasteiger charge is 2.26. The average molecular weight is 377 g/mol. The molecule has 1 atom stereocenters. The number of likely N-dealkylation sites (tertiary alicyclic amines) is 1. The van der Waals surface area contributed by atoms with Crippen LogP contribution in [0.4, 0.5) is 0 Å². The lowest BCUT2D eigenvalue weighted by molar-refractivity contribution is -0.135. The van der Waals surface area contributed by atoms with Crippen LogP contribution < -0.4 is 16.4 Å². The van der Waals surface area contributed by atoms with Gasteiger partial charge in [0.1, 0.15) is 0 Å². The molecule has 1 heterocycles. The summed E-state index contributed by atoms with van der Waals surface area (Å²) in [6, 6.07) is 0.0573. The zero-order valence-corrected chi connectivity index (χ0v) is 16.0. The predicted octanol–water partition coefficient (Wildman–Crippen LogP) is 0.951. The zero-order chi connectivity index (χ0) is 17.8. The second-order valence-electron chi connectivity index (χ2n) is 6.28. The van der Waals surface area contributed by atoms with Crippen LogP contribution in [0.3, 0.4) is 0 Å². The van der Waals surface area contributed by atoms with E-state index in [1.54, 1.807) is 0 Å². The summed E-state index contributed by atoms with van der Waals surface area (Å²) in [5.41, 5.74) is 5.37. The fourth-order valence-electron chi connectivity index (χ4n) is 2.89. The molecule has 0 aromatic heterocycles. The SMILES string of the molecule is CCCNC(=O)CCCC(=O)N1CCCCC1CNC(=O)CCN.Cl. The van der Waals surface area contributed by atoms with Gasteiger partial charge in [-0.25, -0.2) is 0 Å². The molecule has 1 fully saturated rings. The van der Waals surface area contributed by atoms with Crippen LogP contribution in [0.25, 0.3) is 0 Å². The highest BCUT2D eigenvalue weighted by atomic mass is 35.5. The van der Waals surface area contributed by atoms with E-state index in [4.69, 9.17) is 5.73 Å². The van der Waals surface area contributed by atoms with Crippen molar-refractivity contribution < 1.29 is 14.4 Å². The molecule has 0 bridgehead atoms. The topological polar surface area (TPSA) is 105 Å². The molecule has 3 amide bonds. The van der Waals surface area contributed by atoms with Crippen molar-refractivity contribution in [2.45, 2.75) is 64.3 Å². The second-order valence-corrected chi connectivity index (χ2v) is 6.28. The minimum absolute atomic E-state index is 0. The van der Waals surface area contributed by atoms with Crippen molar-refractivity contribution in [3.63, 3.8) is 0 Å². The van der Waals surface area contributed by atoms with Crippen molar-refractivity contribution in [1.82, 2.24) is 15.5 Å². The maximum atomic E-state index is 12.4. The molecule has 8 heteroatoms. The van der Waals surface area contributed by atoms with Crippen molar-refractivity contribution in [2.24, 2.45) is 5.73 Å². The average Bonchev–Trinajstić information content (AvgIpc) is 2.58. The molecule has 25 heavy (non-hydrogen) atoms. The number of hydrogen-bond acceptors (Lipinski definition) is 4. The third-order valence-corrected chi connectivity index (χ3v) is 4.22. The van der Waals surface area contributed by atoms with Gasteiger partial charge in [0.15, 0.2) is 0 Å². The Bertz CT molecular complexity index is 421. The van der Waals surface area contributed by atoms with Crippen LogP contribution in [0.1, 0.15) is 58.3 Å². The minimum Gasteiger partial charge on any atom is -0.356 e. The molecule has 0 spiro atoms. The molecule has 1 unspecified atom stereocenters. The second kappa shape index (κ2) is 13.9. The number of carbonyl (C=O) groups excluding carboxylic acids is 3. The molecule has 1 aliphatic rings. The summed E-state index contributed by atoms with van der Waals surface area (Å²) < 4.78 is 0. The van der Waals surface area contributed by atoms with E-state index in [1.807, 2.05) is 11.8 Å². The molecule has 7 nitrogen and oxygen atoms in total. The number of nitrogens with two attached hydrogens (primary N) is 1. The summed E-state index contributed by atoms with van der Waals surface area (Å²) in [5.74, 6) is 0.0213. The molecule has 0 saturated carbocycles. The first-order valence-electron chi connectivity index (χ1n) is 9.11. The Labute approximate surface area is 156 Å². The standard InChI is InChI=1S/C17H32N4O3.ClH/c1-2-11-19-15(22)7-5-8-17(24)21-12-4-3-6-14(21)13-20-16(23)9-10-18;/h14H,2-13,18H2,1H3,(H,19,22)(H,20,23);1H. The number of nitrogens with one attached hydrogen (secondary N) is 2. The summed E-state index contributed by atoms with van der Waals surface area (Å²) in [5, 5.41) is 5.68. The van der Waals surface area contributed by atoms with E-state index in [-0.39, 0.29) is 36.2 Å². The molecular weight excluding hydrogens is 344 g/mol. The highest BCUT2D eigenvalue weighted by molar-refractivity contribution is 5.85. The normalized spacial score (nSPS) is 16.7. The molecule has 1 saturated heterocycles. The molecular formula is C17H33ClN4O3. The van der Waals surface area contributed by atoms with E-state index in [1.165, 1.54) is 0 Å². The van der Waals surface area contributed by atoms with Gasteiger partial charge >= 0.3 is 0 Å². The number of piperidine rings is 1. The summed E-state index contributed by atoms with van der Waals surface area (Å²) in [6.45, 7) is 4.25. The van der Waals surface area contributed by atoms with E-state index in [0.717, 1.165) is 32.2 Å². The van der Waals surface area contributed by atoms with E-state index in [9.17, 15) is 14.4 Å². The molecule has 0 aromatic rings. The maximum absolute atomic E-state index is 12.4. The third-order valence-electron chi connectivity index (χ3n) is 4.22. The van der Waals surface area contributed by atoms with E-state index in [0.29, 0.717) is 45.3 Å². The Morgan fingerprint density at radius 2 is 1.80 bits per heavy atom. The van der Waals surface area contributed by atoms with Crippen LogP contribution in [0, 0.1) is 0 Å². The monoisotopic (exact) mass is 376 g/mol. The van der Waals surface area contributed by atoms with Crippen molar-refractivity contribution in [1.29, 1.82) is 0 Å². The first kappa shape index (κ1) is 23.7. The lowest BCUT2D eigenvalue weighted by atomic mass is 10.0. The molecule has 1 rings (SSSR count). The number of amides is 3.